The highest BCUT2D eigenvalue weighted by molar-refractivity contribution is 6.05. The van der Waals surface area contributed by atoms with Crippen LogP contribution in [0.3, 0.4) is 0 Å². The molecule has 0 aliphatic rings. The quantitative estimate of drug-likeness (QED) is 0.727. The molecule has 0 saturated heterocycles. The van der Waals surface area contributed by atoms with Gasteiger partial charge in [-0.15, -0.1) is 0 Å². The van der Waals surface area contributed by atoms with Crippen LogP contribution in [0, 0.1) is 0 Å². The number of fused-ring (bicyclic) bond motifs is 1. The van der Waals surface area contributed by atoms with Crippen molar-refractivity contribution in [1.82, 2.24) is 15.2 Å². The summed E-state index contributed by atoms with van der Waals surface area (Å²) in [5, 5.41) is 3.96. The first kappa shape index (κ1) is 16.4. The Hall–Kier alpha value is -1.98. The van der Waals surface area contributed by atoms with Gasteiger partial charge in [-0.1, -0.05) is 18.2 Å². The highest BCUT2D eigenvalue weighted by atomic mass is 16.1. The third kappa shape index (κ3) is 4.51. The zero-order chi connectivity index (χ0) is 15.8. The van der Waals surface area contributed by atoms with E-state index in [9.17, 15) is 4.79 Å². The van der Waals surface area contributed by atoms with Crippen molar-refractivity contribution in [2.75, 3.05) is 33.2 Å². The number of rotatable bonds is 8. The Kier molecular flexibility index (Phi) is 6.30. The first-order valence-corrected chi connectivity index (χ1v) is 7.73. The molecule has 0 spiro atoms. The molecule has 5 heteroatoms. The van der Waals surface area contributed by atoms with E-state index in [4.69, 9.17) is 5.73 Å². The summed E-state index contributed by atoms with van der Waals surface area (Å²) in [5.41, 5.74) is 6.88. The number of carbonyl (C=O) groups is 1. The fourth-order valence-electron chi connectivity index (χ4n) is 2.41. The minimum Gasteiger partial charge on any atom is -0.352 e. The summed E-state index contributed by atoms with van der Waals surface area (Å²) in [4.78, 5) is 18.8. The lowest BCUT2D eigenvalue weighted by atomic mass is 10.1. The van der Waals surface area contributed by atoms with Crippen LogP contribution in [0.25, 0.3) is 10.9 Å². The molecule has 0 unspecified atom stereocenters. The van der Waals surface area contributed by atoms with Crippen molar-refractivity contribution < 1.29 is 4.79 Å². The number of nitrogens with two attached hydrogens (primary N) is 1. The van der Waals surface area contributed by atoms with Crippen LogP contribution in [-0.4, -0.2) is 49.0 Å². The van der Waals surface area contributed by atoms with Crippen molar-refractivity contribution >= 4 is 16.8 Å². The van der Waals surface area contributed by atoms with E-state index in [0.29, 0.717) is 12.1 Å². The molecule has 5 nitrogen and oxygen atoms in total. The molecule has 1 aromatic carbocycles. The molecule has 1 amide bonds. The number of nitrogens with one attached hydrogen (secondary N) is 1. The van der Waals surface area contributed by atoms with Crippen LogP contribution < -0.4 is 11.1 Å². The monoisotopic (exact) mass is 300 g/mol. The Morgan fingerprint density at radius 1 is 1.23 bits per heavy atom. The zero-order valence-corrected chi connectivity index (χ0v) is 13.1. The van der Waals surface area contributed by atoms with Gasteiger partial charge in [0.2, 0.25) is 0 Å². The maximum atomic E-state index is 12.3. The van der Waals surface area contributed by atoms with E-state index in [-0.39, 0.29) is 5.91 Å². The first-order chi connectivity index (χ1) is 10.7. The van der Waals surface area contributed by atoms with Gasteiger partial charge in [0, 0.05) is 18.1 Å². The van der Waals surface area contributed by atoms with Crippen molar-refractivity contribution in [3.63, 3.8) is 0 Å². The van der Waals surface area contributed by atoms with E-state index in [1.807, 2.05) is 30.3 Å². The zero-order valence-electron chi connectivity index (χ0n) is 13.1. The average Bonchev–Trinajstić information content (AvgIpc) is 2.56. The van der Waals surface area contributed by atoms with Crippen LogP contribution in [-0.2, 0) is 0 Å². The van der Waals surface area contributed by atoms with E-state index >= 15 is 0 Å². The number of carbonyl (C=O) groups excluding carboxylic acids is 1. The summed E-state index contributed by atoms with van der Waals surface area (Å²) in [6.07, 6.45) is 3.64. The minimum atomic E-state index is -0.0612. The van der Waals surface area contributed by atoms with E-state index in [2.05, 4.69) is 22.2 Å². The smallest absolute Gasteiger partial charge is 0.253 e. The van der Waals surface area contributed by atoms with Gasteiger partial charge in [0.25, 0.3) is 5.91 Å². The van der Waals surface area contributed by atoms with Crippen LogP contribution >= 0.6 is 0 Å². The van der Waals surface area contributed by atoms with Crippen LogP contribution in [0.5, 0.6) is 0 Å². The number of amides is 1. The molecule has 1 heterocycles. The molecular formula is C17H24N4O. The van der Waals surface area contributed by atoms with Gasteiger partial charge in [0.05, 0.1) is 11.1 Å². The minimum absolute atomic E-state index is 0.0612. The number of nitrogens with zero attached hydrogens (tertiary/aromatic N) is 2. The summed E-state index contributed by atoms with van der Waals surface area (Å²) in [7, 11) is 2.08. The van der Waals surface area contributed by atoms with Gasteiger partial charge in [0.15, 0.2) is 0 Å². The normalized spacial score (nSPS) is 11.0. The summed E-state index contributed by atoms with van der Waals surface area (Å²) >= 11 is 0. The van der Waals surface area contributed by atoms with Gasteiger partial charge in [-0.05, 0) is 51.7 Å². The molecule has 2 aromatic rings. The number of aromatic nitrogens is 1. The molecule has 22 heavy (non-hydrogen) atoms. The van der Waals surface area contributed by atoms with E-state index in [0.717, 1.165) is 43.4 Å². The standard InChI is InChI=1S/C17H24N4O/c1-21(12-4-9-18)13-5-11-20-17(22)15-8-2-6-14-7-3-10-19-16(14)15/h2-3,6-8,10H,4-5,9,11-13,18H2,1H3,(H,20,22). The molecule has 0 radical (unpaired) electrons. The molecule has 0 fully saturated rings. The van der Waals surface area contributed by atoms with E-state index < -0.39 is 0 Å². The summed E-state index contributed by atoms with van der Waals surface area (Å²) in [5.74, 6) is -0.0612. The summed E-state index contributed by atoms with van der Waals surface area (Å²) < 4.78 is 0. The summed E-state index contributed by atoms with van der Waals surface area (Å²) in [6, 6.07) is 9.51. The molecule has 3 N–H and O–H groups in total. The van der Waals surface area contributed by atoms with Crippen molar-refractivity contribution in [2.45, 2.75) is 12.8 Å². The lowest BCUT2D eigenvalue weighted by molar-refractivity contribution is 0.0953. The Morgan fingerprint density at radius 3 is 2.82 bits per heavy atom. The van der Waals surface area contributed by atoms with Crippen molar-refractivity contribution in [3.05, 3.63) is 42.1 Å². The topological polar surface area (TPSA) is 71.2 Å². The number of benzene rings is 1. The van der Waals surface area contributed by atoms with Crippen LogP contribution in [0.15, 0.2) is 36.5 Å². The molecular weight excluding hydrogens is 276 g/mol. The predicted molar refractivity (Wildman–Crippen MR) is 89.9 cm³/mol. The predicted octanol–water partition coefficient (Wildman–Crippen LogP) is 1.64. The molecule has 0 aliphatic carbocycles. The lowest BCUT2D eigenvalue weighted by Crippen LogP contribution is -2.29. The third-order valence-electron chi connectivity index (χ3n) is 3.62. The van der Waals surface area contributed by atoms with Crippen LogP contribution in [0.2, 0.25) is 0 Å². The number of hydrogen-bond donors (Lipinski definition) is 2. The fourth-order valence-corrected chi connectivity index (χ4v) is 2.41. The third-order valence-corrected chi connectivity index (χ3v) is 3.62. The lowest BCUT2D eigenvalue weighted by Gasteiger charge is -2.16. The van der Waals surface area contributed by atoms with Gasteiger partial charge < -0.3 is 16.0 Å². The average molecular weight is 300 g/mol. The number of pyridine rings is 1. The van der Waals surface area contributed by atoms with Crippen molar-refractivity contribution in [3.8, 4) is 0 Å². The van der Waals surface area contributed by atoms with Crippen molar-refractivity contribution in [2.24, 2.45) is 5.73 Å². The molecule has 0 aliphatic heterocycles. The Labute approximate surface area is 131 Å². The molecule has 0 bridgehead atoms. The highest BCUT2D eigenvalue weighted by Gasteiger charge is 2.10. The molecule has 118 valence electrons. The molecule has 0 atom stereocenters. The van der Waals surface area contributed by atoms with E-state index in [1.54, 1.807) is 6.20 Å². The second-order valence-corrected chi connectivity index (χ2v) is 5.44. The molecule has 1 aromatic heterocycles. The van der Waals surface area contributed by atoms with E-state index in [1.165, 1.54) is 0 Å². The van der Waals surface area contributed by atoms with Crippen molar-refractivity contribution in [1.29, 1.82) is 0 Å². The maximum absolute atomic E-state index is 12.3. The second kappa shape index (κ2) is 8.46. The largest absolute Gasteiger partial charge is 0.352 e. The maximum Gasteiger partial charge on any atom is 0.253 e. The van der Waals surface area contributed by atoms with Gasteiger partial charge >= 0.3 is 0 Å². The van der Waals surface area contributed by atoms with Gasteiger partial charge in [-0.3, -0.25) is 9.78 Å². The number of para-hydroxylation sites is 1. The fraction of sp³-hybridized carbons (Fsp3) is 0.412. The van der Waals surface area contributed by atoms with Gasteiger partial charge in [-0.25, -0.2) is 0 Å². The number of hydrogen-bond acceptors (Lipinski definition) is 4. The molecule has 2 rings (SSSR count). The summed E-state index contributed by atoms with van der Waals surface area (Å²) in [6.45, 7) is 3.33. The SMILES string of the molecule is CN(CCCN)CCCNC(=O)c1cccc2cccnc12. The van der Waals surface area contributed by atoms with Gasteiger partial charge in [0.1, 0.15) is 0 Å². The van der Waals surface area contributed by atoms with Gasteiger partial charge in [-0.2, -0.15) is 0 Å². The molecule has 0 saturated carbocycles. The van der Waals surface area contributed by atoms with Crippen LogP contribution in [0.1, 0.15) is 23.2 Å². The van der Waals surface area contributed by atoms with Crippen LogP contribution in [0.4, 0.5) is 0 Å². The Morgan fingerprint density at radius 2 is 2.00 bits per heavy atom. The first-order valence-electron chi connectivity index (χ1n) is 7.73. The Bertz CT molecular complexity index is 609. The second-order valence-electron chi connectivity index (χ2n) is 5.44. The Balaban J connectivity index is 1.84. The highest BCUT2D eigenvalue weighted by Crippen LogP contribution is 2.15.